The summed E-state index contributed by atoms with van der Waals surface area (Å²) in [6.07, 6.45) is 2.54. The van der Waals surface area contributed by atoms with Crippen molar-refractivity contribution in [2.45, 2.75) is 6.42 Å². The van der Waals surface area contributed by atoms with E-state index in [1.54, 1.807) is 27.6 Å². The topological polar surface area (TPSA) is 88.2 Å². The van der Waals surface area contributed by atoms with Crippen molar-refractivity contribution in [1.29, 1.82) is 0 Å². The van der Waals surface area contributed by atoms with E-state index >= 15 is 0 Å². The van der Waals surface area contributed by atoms with Gasteiger partial charge in [-0.2, -0.15) is 9.97 Å². The average molecular weight is 294 g/mol. The first-order valence-electron chi connectivity index (χ1n) is 6.91. The van der Waals surface area contributed by atoms with E-state index in [0.29, 0.717) is 24.8 Å². The molecule has 0 atom stereocenters. The number of hydrogen-bond acceptors (Lipinski definition) is 7. The highest BCUT2D eigenvalue weighted by molar-refractivity contribution is 5.84. The van der Waals surface area contributed by atoms with Gasteiger partial charge in [-0.1, -0.05) is 0 Å². The highest BCUT2D eigenvalue weighted by Crippen LogP contribution is 2.22. The second kappa shape index (κ2) is 7.75. The number of nitrogens with one attached hydrogen (secondary N) is 2. The first-order valence-corrected chi connectivity index (χ1v) is 6.91. The molecule has 2 aromatic heterocycles. The van der Waals surface area contributed by atoms with Crippen LogP contribution in [-0.2, 0) is 9.47 Å². The van der Waals surface area contributed by atoms with Gasteiger partial charge in [0.05, 0.1) is 12.9 Å². The number of anilines is 2. The fraction of sp³-hybridized carbons (Fsp3) is 0.615. The van der Waals surface area contributed by atoms with E-state index in [2.05, 4.69) is 30.2 Å². The maximum atomic E-state index is 5.19. The quantitative estimate of drug-likeness (QED) is 0.664. The molecule has 0 spiro atoms. The highest BCUT2D eigenvalue weighted by Gasteiger charge is 2.15. The highest BCUT2D eigenvalue weighted by atomic mass is 16.5. The smallest absolute Gasteiger partial charge is 0.226 e. The van der Waals surface area contributed by atoms with Gasteiger partial charge < -0.3 is 24.7 Å². The van der Waals surface area contributed by atoms with Gasteiger partial charge in [0, 0.05) is 41.0 Å². The summed E-state index contributed by atoms with van der Waals surface area (Å²) in [5.74, 6) is 1.38. The van der Waals surface area contributed by atoms with Gasteiger partial charge >= 0.3 is 0 Å². The van der Waals surface area contributed by atoms with E-state index in [9.17, 15) is 0 Å². The zero-order valence-electron chi connectivity index (χ0n) is 12.7. The van der Waals surface area contributed by atoms with Gasteiger partial charge in [-0.05, 0) is 6.42 Å². The molecule has 2 N–H and O–H groups in total. The Morgan fingerprint density at radius 1 is 1.19 bits per heavy atom. The van der Waals surface area contributed by atoms with Crippen LogP contribution in [0.4, 0.5) is 11.8 Å². The molecule has 0 radical (unpaired) electrons. The first-order chi connectivity index (χ1) is 10.3. The van der Waals surface area contributed by atoms with Gasteiger partial charge in [0.25, 0.3) is 0 Å². The van der Waals surface area contributed by atoms with Gasteiger partial charge in [-0.15, -0.1) is 0 Å². The van der Waals surface area contributed by atoms with Crippen molar-refractivity contribution in [3.8, 4) is 0 Å². The van der Waals surface area contributed by atoms with E-state index < -0.39 is 0 Å². The van der Waals surface area contributed by atoms with E-state index in [1.165, 1.54) is 0 Å². The van der Waals surface area contributed by atoms with Crippen LogP contribution in [0.1, 0.15) is 6.42 Å². The Labute approximate surface area is 123 Å². The van der Waals surface area contributed by atoms with Gasteiger partial charge in [0.2, 0.25) is 5.95 Å². The predicted molar refractivity (Wildman–Crippen MR) is 81.8 cm³/mol. The van der Waals surface area contributed by atoms with Crippen LogP contribution in [0.5, 0.6) is 0 Å². The minimum atomic E-state index is 0.554. The third kappa shape index (κ3) is 3.79. The van der Waals surface area contributed by atoms with Crippen molar-refractivity contribution < 1.29 is 9.47 Å². The predicted octanol–water partition coefficient (Wildman–Crippen LogP) is 0.884. The Balaban J connectivity index is 2.29. The maximum Gasteiger partial charge on any atom is 0.226 e. The van der Waals surface area contributed by atoms with Crippen molar-refractivity contribution in [3.05, 3.63) is 6.33 Å². The molecule has 0 saturated carbocycles. The van der Waals surface area contributed by atoms with E-state index in [-0.39, 0.29) is 0 Å². The van der Waals surface area contributed by atoms with Gasteiger partial charge in [-0.25, -0.2) is 4.98 Å². The monoisotopic (exact) mass is 294 g/mol. The number of aromatic amines is 1. The Hall–Kier alpha value is -1.93. The van der Waals surface area contributed by atoms with E-state index in [1.807, 2.05) is 0 Å². The summed E-state index contributed by atoms with van der Waals surface area (Å²) < 4.78 is 10.3. The van der Waals surface area contributed by atoms with Crippen molar-refractivity contribution >= 4 is 22.9 Å². The number of fused-ring (bicyclic) bond motifs is 1. The Morgan fingerprint density at radius 2 is 2.00 bits per heavy atom. The molecular weight excluding hydrogens is 272 g/mol. The molecule has 116 valence electrons. The number of ether oxygens (including phenoxy) is 2. The molecule has 8 nitrogen and oxygen atoms in total. The molecule has 0 unspecified atom stereocenters. The van der Waals surface area contributed by atoms with Crippen LogP contribution in [0.25, 0.3) is 11.2 Å². The third-order valence-corrected chi connectivity index (χ3v) is 3.13. The lowest BCUT2D eigenvalue weighted by molar-refractivity contribution is 0.191. The SMILES string of the molecule is CNc1nc(N(CCCOC)CCOC)c2[nH]cnc2n1. The lowest BCUT2D eigenvalue weighted by atomic mass is 10.3. The normalized spacial score (nSPS) is 11.0. The number of aromatic nitrogens is 4. The maximum absolute atomic E-state index is 5.19. The van der Waals surface area contributed by atoms with Gasteiger partial charge in [0.15, 0.2) is 11.5 Å². The Kier molecular flexibility index (Phi) is 5.70. The lowest BCUT2D eigenvalue weighted by Crippen LogP contribution is -2.30. The molecule has 0 aliphatic rings. The molecule has 0 amide bonds. The summed E-state index contributed by atoms with van der Waals surface area (Å²) in [5, 5.41) is 2.97. The minimum Gasteiger partial charge on any atom is -0.385 e. The molecule has 2 aromatic rings. The second-order valence-electron chi connectivity index (χ2n) is 4.55. The van der Waals surface area contributed by atoms with Crippen LogP contribution in [0.3, 0.4) is 0 Å². The molecule has 0 aliphatic heterocycles. The third-order valence-electron chi connectivity index (χ3n) is 3.13. The summed E-state index contributed by atoms with van der Waals surface area (Å²) in [6, 6.07) is 0. The number of methoxy groups -OCH3 is 2. The summed E-state index contributed by atoms with van der Waals surface area (Å²) >= 11 is 0. The van der Waals surface area contributed by atoms with Gasteiger partial charge in [-0.3, -0.25) is 0 Å². The van der Waals surface area contributed by atoms with Gasteiger partial charge in [0.1, 0.15) is 5.52 Å². The molecule has 0 fully saturated rings. The molecule has 0 saturated heterocycles. The number of H-pyrrole nitrogens is 1. The zero-order chi connectivity index (χ0) is 15.1. The zero-order valence-corrected chi connectivity index (χ0v) is 12.7. The van der Waals surface area contributed by atoms with Crippen LogP contribution < -0.4 is 10.2 Å². The van der Waals surface area contributed by atoms with Crippen molar-refractivity contribution in [3.63, 3.8) is 0 Å². The summed E-state index contributed by atoms with van der Waals surface area (Å²) in [7, 11) is 5.19. The van der Waals surface area contributed by atoms with Crippen molar-refractivity contribution in [2.24, 2.45) is 0 Å². The second-order valence-corrected chi connectivity index (χ2v) is 4.55. The Bertz CT molecular complexity index is 559. The van der Waals surface area contributed by atoms with Crippen LogP contribution in [0.2, 0.25) is 0 Å². The van der Waals surface area contributed by atoms with Crippen LogP contribution in [0.15, 0.2) is 6.33 Å². The van der Waals surface area contributed by atoms with Crippen LogP contribution in [-0.4, -0.2) is 67.5 Å². The fourth-order valence-corrected chi connectivity index (χ4v) is 2.08. The van der Waals surface area contributed by atoms with Crippen LogP contribution in [0, 0.1) is 0 Å². The number of hydrogen-bond donors (Lipinski definition) is 2. The molecule has 0 aromatic carbocycles. The molecule has 2 rings (SSSR count). The Morgan fingerprint density at radius 3 is 2.71 bits per heavy atom. The van der Waals surface area contributed by atoms with Crippen molar-refractivity contribution in [2.75, 3.05) is 57.8 Å². The molecule has 8 heteroatoms. The molecule has 21 heavy (non-hydrogen) atoms. The fourth-order valence-electron chi connectivity index (χ4n) is 2.08. The molecule has 2 heterocycles. The standard InChI is InChI=1S/C13H22N6O2/c1-14-13-17-11-10(15-9-16-11)12(18-13)19(6-8-21-3)5-4-7-20-2/h9H,4-8H2,1-3H3,(H2,14,15,16,17,18). The molecule has 0 aliphatic carbocycles. The van der Waals surface area contributed by atoms with Crippen molar-refractivity contribution in [1.82, 2.24) is 19.9 Å². The molecule has 0 bridgehead atoms. The minimum absolute atomic E-state index is 0.554. The summed E-state index contributed by atoms with van der Waals surface area (Å²) in [6.45, 7) is 2.90. The average Bonchev–Trinajstić information content (AvgIpc) is 2.98. The summed E-state index contributed by atoms with van der Waals surface area (Å²) in [4.78, 5) is 18.4. The first kappa shape index (κ1) is 15.5. The van der Waals surface area contributed by atoms with Crippen LogP contribution >= 0.6 is 0 Å². The largest absolute Gasteiger partial charge is 0.385 e. The number of rotatable bonds is 9. The number of nitrogens with zero attached hydrogens (tertiary/aromatic N) is 4. The summed E-state index contributed by atoms with van der Waals surface area (Å²) in [5.41, 5.74) is 1.49. The lowest BCUT2D eigenvalue weighted by Gasteiger charge is -2.24. The van der Waals surface area contributed by atoms with E-state index in [0.717, 1.165) is 30.8 Å². The number of imidazole rings is 1. The molecular formula is C13H22N6O2. The van der Waals surface area contributed by atoms with E-state index in [4.69, 9.17) is 9.47 Å².